The lowest BCUT2D eigenvalue weighted by Crippen LogP contribution is -2.39. The summed E-state index contributed by atoms with van der Waals surface area (Å²) >= 11 is 0. The second-order valence-corrected chi connectivity index (χ2v) is 5.99. The zero-order valence-corrected chi connectivity index (χ0v) is 13.7. The Bertz CT molecular complexity index is 582. The van der Waals surface area contributed by atoms with Crippen molar-refractivity contribution < 1.29 is 27.5 Å². The maximum absolute atomic E-state index is 12.1. The van der Waals surface area contributed by atoms with Crippen LogP contribution in [0.25, 0.3) is 0 Å². The molecule has 1 aromatic rings. The van der Waals surface area contributed by atoms with Crippen molar-refractivity contribution in [2.75, 3.05) is 13.1 Å². The normalized spacial score (nSPS) is 15.0. The van der Waals surface area contributed by atoms with E-state index in [1.807, 2.05) is 0 Å². The van der Waals surface area contributed by atoms with Gasteiger partial charge in [-0.05, 0) is 37.0 Å². The van der Waals surface area contributed by atoms with Crippen LogP contribution in [0.3, 0.4) is 0 Å². The van der Waals surface area contributed by atoms with Crippen molar-refractivity contribution in [1.29, 1.82) is 0 Å². The molecule has 0 unspecified atom stereocenters. The van der Waals surface area contributed by atoms with Crippen LogP contribution in [0.2, 0.25) is 0 Å². The highest BCUT2D eigenvalue weighted by atomic mass is 19.4. The number of ether oxygens (including phenoxy) is 1. The average Bonchev–Trinajstić information content (AvgIpc) is 3.07. The molecule has 0 spiro atoms. The molecule has 2 rings (SSSR count). The predicted octanol–water partition coefficient (Wildman–Crippen LogP) is 2.55. The standard InChI is InChI=1S/C17H21F3N2O3/c18-17(19,20)25-14-7-5-12(6-8-14)9-10-21-15(23)11-22-16(24)13-3-1-2-4-13/h5-8,13H,1-4,9-11H2,(H,21,23)(H,22,24). The third kappa shape index (κ3) is 7.03. The highest BCUT2D eigenvalue weighted by Crippen LogP contribution is 2.24. The van der Waals surface area contributed by atoms with Crippen molar-refractivity contribution in [2.24, 2.45) is 5.92 Å². The smallest absolute Gasteiger partial charge is 0.406 e. The Morgan fingerprint density at radius 2 is 1.72 bits per heavy atom. The number of nitrogens with one attached hydrogen (secondary N) is 2. The molecule has 2 N–H and O–H groups in total. The van der Waals surface area contributed by atoms with E-state index < -0.39 is 6.36 Å². The monoisotopic (exact) mass is 358 g/mol. The van der Waals surface area contributed by atoms with Crippen LogP contribution in [-0.4, -0.2) is 31.3 Å². The molecule has 0 heterocycles. The van der Waals surface area contributed by atoms with E-state index in [4.69, 9.17) is 0 Å². The summed E-state index contributed by atoms with van der Waals surface area (Å²) in [5, 5.41) is 5.29. The van der Waals surface area contributed by atoms with Gasteiger partial charge in [-0.2, -0.15) is 0 Å². The summed E-state index contributed by atoms with van der Waals surface area (Å²) < 4.78 is 40.0. The molecule has 0 saturated heterocycles. The average molecular weight is 358 g/mol. The van der Waals surface area contributed by atoms with Crippen molar-refractivity contribution in [3.8, 4) is 5.75 Å². The Morgan fingerprint density at radius 3 is 2.32 bits per heavy atom. The van der Waals surface area contributed by atoms with Crippen molar-refractivity contribution >= 4 is 11.8 Å². The van der Waals surface area contributed by atoms with Crippen LogP contribution in [-0.2, 0) is 16.0 Å². The molecule has 138 valence electrons. The fourth-order valence-electron chi connectivity index (χ4n) is 2.77. The van der Waals surface area contributed by atoms with Crippen molar-refractivity contribution in [3.05, 3.63) is 29.8 Å². The maximum atomic E-state index is 12.1. The zero-order valence-electron chi connectivity index (χ0n) is 13.7. The van der Waals surface area contributed by atoms with Gasteiger partial charge in [-0.1, -0.05) is 25.0 Å². The van der Waals surface area contributed by atoms with Gasteiger partial charge in [-0.15, -0.1) is 13.2 Å². The summed E-state index contributed by atoms with van der Waals surface area (Å²) in [6.45, 7) is 0.269. The Kier molecular flexibility index (Phi) is 6.66. The van der Waals surface area contributed by atoms with Crippen LogP contribution >= 0.6 is 0 Å². The molecule has 0 aromatic heterocycles. The molecule has 0 radical (unpaired) electrons. The lowest BCUT2D eigenvalue weighted by Gasteiger charge is -2.11. The molecule has 1 aliphatic rings. The number of halogens is 3. The molecule has 1 aromatic carbocycles. The van der Waals surface area contributed by atoms with Gasteiger partial charge in [0.15, 0.2) is 0 Å². The summed E-state index contributed by atoms with van der Waals surface area (Å²) in [6, 6.07) is 5.48. The third-order valence-electron chi connectivity index (χ3n) is 4.04. The van der Waals surface area contributed by atoms with E-state index in [1.54, 1.807) is 0 Å². The Labute approximate surface area is 143 Å². The topological polar surface area (TPSA) is 67.4 Å². The molecule has 0 aliphatic heterocycles. The van der Waals surface area contributed by atoms with Gasteiger partial charge in [-0.3, -0.25) is 9.59 Å². The number of amides is 2. The quantitative estimate of drug-likeness (QED) is 0.787. The fourth-order valence-corrected chi connectivity index (χ4v) is 2.77. The number of rotatable bonds is 7. The second-order valence-electron chi connectivity index (χ2n) is 5.99. The zero-order chi connectivity index (χ0) is 18.3. The van der Waals surface area contributed by atoms with E-state index in [2.05, 4.69) is 15.4 Å². The van der Waals surface area contributed by atoms with E-state index in [-0.39, 0.29) is 30.0 Å². The molecular formula is C17H21F3N2O3. The lowest BCUT2D eigenvalue weighted by atomic mass is 10.1. The number of hydrogen-bond donors (Lipinski definition) is 2. The van der Waals surface area contributed by atoms with Gasteiger partial charge in [0.1, 0.15) is 5.75 Å². The number of benzene rings is 1. The highest BCUT2D eigenvalue weighted by Gasteiger charge is 2.30. The first-order valence-corrected chi connectivity index (χ1v) is 8.22. The first-order chi connectivity index (χ1) is 11.8. The van der Waals surface area contributed by atoms with Gasteiger partial charge in [0.2, 0.25) is 11.8 Å². The van der Waals surface area contributed by atoms with E-state index in [1.165, 1.54) is 24.3 Å². The van der Waals surface area contributed by atoms with Crippen molar-refractivity contribution in [1.82, 2.24) is 10.6 Å². The number of alkyl halides is 3. The molecule has 8 heteroatoms. The summed E-state index contributed by atoms with van der Waals surface area (Å²) in [6.07, 6.45) is -0.385. The fraction of sp³-hybridized carbons (Fsp3) is 0.529. The number of carbonyl (C=O) groups is 2. The molecule has 25 heavy (non-hydrogen) atoms. The van der Waals surface area contributed by atoms with Crippen LogP contribution in [0.1, 0.15) is 31.2 Å². The molecule has 5 nitrogen and oxygen atoms in total. The number of hydrogen-bond acceptors (Lipinski definition) is 3. The van der Waals surface area contributed by atoms with Gasteiger partial charge in [-0.25, -0.2) is 0 Å². The largest absolute Gasteiger partial charge is 0.573 e. The summed E-state index contributed by atoms with van der Waals surface area (Å²) in [5.74, 6) is -0.628. The Hall–Kier alpha value is -2.25. The molecule has 1 aliphatic carbocycles. The van der Waals surface area contributed by atoms with Gasteiger partial charge in [0.05, 0.1) is 6.54 Å². The van der Waals surface area contributed by atoms with Gasteiger partial charge < -0.3 is 15.4 Å². The minimum atomic E-state index is -4.71. The second kappa shape index (κ2) is 8.73. The van der Waals surface area contributed by atoms with E-state index in [0.717, 1.165) is 31.2 Å². The minimum absolute atomic E-state index is 0.0187. The minimum Gasteiger partial charge on any atom is -0.406 e. The van der Waals surface area contributed by atoms with Gasteiger partial charge in [0, 0.05) is 12.5 Å². The lowest BCUT2D eigenvalue weighted by molar-refractivity contribution is -0.274. The van der Waals surface area contributed by atoms with Crippen LogP contribution in [0.15, 0.2) is 24.3 Å². The van der Waals surface area contributed by atoms with Crippen molar-refractivity contribution in [3.63, 3.8) is 0 Å². The molecular weight excluding hydrogens is 337 g/mol. The van der Waals surface area contributed by atoms with E-state index in [9.17, 15) is 22.8 Å². The third-order valence-corrected chi connectivity index (χ3v) is 4.04. The summed E-state index contributed by atoms with van der Waals surface area (Å²) in [7, 11) is 0. The van der Waals surface area contributed by atoms with Crippen LogP contribution in [0, 0.1) is 5.92 Å². The Morgan fingerprint density at radius 1 is 1.08 bits per heavy atom. The molecule has 0 atom stereocenters. The molecule has 2 amide bonds. The summed E-state index contributed by atoms with van der Waals surface area (Å²) in [4.78, 5) is 23.5. The van der Waals surface area contributed by atoms with Crippen LogP contribution in [0.4, 0.5) is 13.2 Å². The maximum Gasteiger partial charge on any atom is 0.573 e. The first kappa shape index (κ1) is 19.1. The molecule has 1 saturated carbocycles. The SMILES string of the molecule is O=C(CNC(=O)C1CCCC1)NCCc1ccc(OC(F)(F)F)cc1. The molecule has 0 bridgehead atoms. The van der Waals surface area contributed by atoms with Gasteiger partial charge in [0.25, 0.3) is 0 Å². The Balaban J connectivity index is 1.64. The van der Waals surface area contributed by atoms with E-state index in [0.29, 0.717) is 13.0 Å². The van der Waals surface area contributed by atoms with Crippen LogP contribution in [0.5, 0.6) is 5.75 Å². The predicted molar refractivity (Wildman–Crippen MR) is 84.8 cm³/mol. The molecule has 1 fully saturated rings. The van der Waals surface area contributed by atoms with Crippen LogP contribution < -0.4 is 15.4 Å². The summed E-state index contributed by atoms with van der Waals surface area (Å²) in [5.41, 5.74) is 0.768. The van der Waals surface area contributed by atoms with E-state index >= 15 is 0 Å². The highest BCUT2D eigenvalue weighted by molar-refractivity contribution is 5.85. The number of carbonyl (C=O) groups excluding carboxylic acids is 2. The van der Waals surface area contributed by atoms with Crippen molar-refractivity contribution in [2.45, 2.75) is 38.5 Å². The van der Waals surface area contributed by atoms with Gasteiger partial charge >= 0.3 is 6.36 Å². The first-order valence-electron chi connectivity index (χ1n) is 8.22.